The van der Waals surface area contributed by atoms with Crippen molar-refractivity contribution in [2.45, 2.75) is 50.9 Å². The largest absolute Gasteiger partial charge is 0.491 e. The van der Waals surface area contributed by atoms with Crippen molar-refractivity contribution < 1.29 is 14.6 Å². The minimum Gasteiger partial charge on any atom is -0.491 e. The van der Waals surface area contributed by atoms with Crippen LogP contribution in [-0.4, -0.2) is 62.1 Å². The van der Waals surface area contributed by atoms with Crippen molar-refractivity contribution in [1.82, 2.24) is 4.90 Å². The maximum absolute atomic E-state index is 9.86. The van der Waals surface area contributed by atoms with Crippen molar-refractivity contribution in [2.75, 3.05) is 39.2 Å². The van der Waals surface area contributed by atoms with Gasteiger partial charge in [0.15, 0.2) is 0 Å². The molecule has 0 aliphatic heterocycles. The van der Waals surface area contributed by atoms with Crippen LogP contribution in [0.2, 0.25) is 0 Å². The van der Waals surface area contributed by atoms with Gasteiger partial charge in [0.2, 0.25) is 0 Å². The van der Waals surface area contributed by atoms with Gasteiger partial charge in [0.1, 0.15) is 18.5 Å². The Bertz CT molecular complexity index is 542. The number of hydrogen-bond donors (Lipinski definition) is 2. The fraction of sp³-hybridized carbons (Fsp3) is 0.700. The van der Waals surface area contributed by atoms with E-state index in [0.29, 0.717) is 30.7 Å². The lowest BCUT2D eigenvalue weighted by molar-refractivity contribution is -0.157. The van der Waals surface area contributed by atoms with Gasteiger partial charge < -0.3 is 24.8 Å². The quantitative estimate of drug-likeness (QED) is 0.719. The van der Waals surface area contributed by atoms with Gasteiger partial charge in [0.05, 0.1) is 6.10 Å². The average molecular weight is 348 g/mol. The van der Waals surface area contributed by atoms with Crippen molar-refractivity contribution in [1.29, 1.82) is 0 Å². The molecule has 2 saturated carbocycles. The van der Waals surface area contributed by atoms with Crippen LogP contribution in [0.1, 0.15) is 32.6 Å². The topological polar surface area (TPSA) is 54.0 Å². The first kappa shape index (κ1) is 18.5. The van der Waals surface area contributed by atoms with Gasteiger partial charge in [0, 0.05) is 30.3 Å². The molecule has 0 heterocycles. The van der Waals surface area contributed by atoms with E-state index in [1.807, 2.05) is 31.1 Å². The molecule has 0 radical (unpaired) electrons. The number of aliphatic hydroxyl groups excluding tert-OH is 1. The highest BCUT2D eigenvalue weighted by atomic mass is 16.5. The van der Waals surface area contributed by atoms with E-state index in [4.69, 9.17) is 9.47 Å². The Balaban J connectivity index is 1.48. The predicted octanol–water partition coefficient (Wildman–Crippen LogP) is 2.75. The molecule has 1 aromatic rings. The molecule has 0 amide bonds. The van der Waals surface area contributed by atoms with E-state index in [1.165, 1.54) is 19.3 Å². The summed E-state index contributed by atoms with van der Waals surface area (Å²) in [5, 5.41) is 13.5. The molecular formula is C20H32N2O3. The lowest BCUT2D eigenvalue weighted by Crippen LogP contribution is -2.64. The summed E-state index contributed by atoms with van der Waals surface area (Å²) in [6.07, 6.45) is 4.94. The van der Waals surface area contributed by atoms with E-state index >= 15 is 0 Å². The van der Waals surface area contributed by atoms with E-state index in [9.17, 15) is 5.11 Å². The zero-order chi connectivity index (χ0) is 17.9. The molecular weight excluding hydrogens is 316 g/mol. The normalized spacial score (nSPS) is 25.3. The summed E-state index contributed by atoms with van der Waals surface area (Å²) in [6.45, 7) is 3.81. The number of ether oxygens (including phenoxy) is 2. The van der Waals surface area contributed by atoms with Gasteiger partial charge >= 0.3 is 0 Å². The number of aliphatic hydroxyl groups is 1. The summed E-state index contributed by atoms with van der Waals surface area (Å²) in [4.78, 5) is 1.95. The van der Waals surface area contributed by atoms with Crippen LogP contribution in [-0.2, 0) is 4.74 Å². The summed E-state index contributed by atoms with van der Waals surface area (Å²) in [5.74, 6) is 0.794. The van der Waals surface area contributed by atoms with Crippen LogP contribution >= 0.6 is 0 Å². The third-order valence-electron chi connectivity index (χ3n) is 5.65. The highest BCUT2D eigenvalue weighted by molar-refractivity contribution is 5.48. The first-order valence-electron chi connectivity index (χ1n) is 9.47. The third kappa shape index (κ3) is 4.10. The first-order valence-corrected chi connectivity index (χ1v) is 9.47. The molecule has 5 nitrogen and oxygen atoms in total. The van der Waals surface area contributed by atoms with Crippen LogP contribution in [0.5, 0.6) is 5.75 Å². The van der Waals surface area contributed by atoms with Crippen LogP contribution in [0.4, 0.5) is 5.69 Å². The third-order valence-corrected chi connectivity index (χ3v) is 5.65. The minimum atomic E-state index is -0.475. The van der Waals surface area contributed by atoms with Crippen LogP contribution in [0, 0.1) is 5.41 Å². The summed E-state index contributed by atoms with van der Waals surface area (Å²) < 4.78 is 11.6. The van der Waals surface area contributed by atoms with Gasteiger partial charge in [-0.05, 0) is 64.5 Å². The Morgan fingerprint density at radius 2 is 2.00 bits per heavy atom. The van der Waals surface area contributed by atoms with Crippen LogP contribution in [0.25, 0.3) is 0 Å². The molecule has 3 unspecified atom stereocenters. The van der Waals surface area contributed by atoms with Crippen molar-refractivity contribution >= 4 is 5.69 Å². The monoisotopic (exact) mass is 348 g/mol. The molecule has 5 heteroatoms. The molecule has 3 atom stereocenters. The van der Waals surface area contributed by atoms with Gasteiger partial charge in [0.25, 0.3) is 0 Å². The van der Waals surface area contributed by atoms with E-state index in [2.05, 4.69) is 24.4 Å². The number of benzene rings is 1. The maximum atomic E-state index is 9.86. The zero-order valence-electron chi connectivity index (χ0n) is 15.7. The Kier molecular flexibility index (Phi) is 5.87. The molecule has 140 valence electrons. The van der Waals surface area contributed by atoms with E-state index < -0.39 is 6.10 Å². The highest BCUT2D eigenvalue weighted by Crippen LogP contribution is 2.58. The Hall–Kier alpha value is -1.30. The second-order valence-corrected chi connectivity index (χ2v) is 7.71. The van der Waals surface area contributed by atoms with Gasteiger partial charge in [-0.3, -0.25) is 0 Å². The summed E-state index contributed by atoms with van der Waals surface area (Å²) in [6, 6.07) is 8.59. The van der Waals surface area contributed by atoms with Crippen LogP contribution < -0.4 is 10.1 Å². The maximum Gasteiger partial charge on any atom is 0.119 e. The van der Waals surface area contributed by atoms with E-state index in [1.54, 1.807) is 0 Å². The number of hydrogen-bond acceptors (Lipinski definition) is 5. The number of nitrogens with zero attached hydrogens (tertiary/aromatic N) is 1. The summed E-state index contributed by atoms with van der Waals surface area (Å²) in [7, 11) is 3.88. The lowest BCUT2D eigenvalue weighted by atomic mass is 9.51. The Morgan fingerprint density at radius 1 is 1.28 bits per heavy atom. The standard InChI is InChI=1S/C20H32N2O3/c1-4-24-19-12-18(20(19)10-5-11-20)21-15-6-8-17(9-7-15)25-14-16(23)13-22(2)3/h6-9,16,18-19,21,23H,4-5,10-14H2,1-3H3. The van der Waals surface area contributed by atoms with Crippen molar-refractivity contribution in [3.63, 3.8) is 0 Å². The van der Waals surface area contributed by atoms with Gasteiger partial charge in [-0.2, -0.15) is 0 Å². The molecule has 25 heavy (non-hydrogen) atoms. The minimum absolute atomic E-state index is 0.312. The second-order valence-electron chi connectivity index (χ2n) is 7.71. The zero-order valence-corrected chi connectivity index (χ0v) is 15.7. The predicted molar refractivity (Wildman–Crippen MR) is 100 cm³/mol. The molecule has 1 spiro atoms. The van der Waals surface area contributed by atoms with Crippen molar-refractivity contribution in [2.24, 2.45) is 5.41 Å². The average Bonchev–Trinajstić information content (AvgIpc) is 2.51. The molecule has 2 aliphatic rings. The number of anilines is 1. The molecule has 2 aliphatic carbocycles. The van der Waals surface area contributed by atoms with E-state index in [-0.39, 0.29) is 0 Å². The summed E-state index contributed by atoms with van der Waals surface area (Å²) in [5.41, 5.74) is 1.49. The molecule has 2 N–H and O–H groups in total. The fourth-order valence-corrected chi connectivity index (χ4v) is 4.16. The molecule has 3 rings (SSSR count). The van der Waals surface area contributed by atoms with Gasteiger partial charge in [-0.25, -0.2) is 0 Å². The molecule has 1 aromatic carbocycles. The smallest absolute Gasteiger partial charge is 0.119 e. The van der Waals surface area contributed by atoms with Crippen LogP contribution in [0.15, 0.2) is 24.3 Å². The van der Waals surface area contributed by atoms with Crippen LogP contribution in [0.3, 0.4) is 0 Å². The highest BCUT2D eigenvalue weighted by Gasteiger charge is 2.58. The first-order chi connectivity index (χ1) is 12.0. The second kappa shape index (κ2) is 7.94. The number of rotatable bonds is 9. The van der Waals surface area contributed by atoms with Crippen molar-refractivity contribution in [3.05, 3.63) is 24.3 Å². The molecule has 2 fully saturated rings. The van der Waals surface area contributed by atoms with Gasteiger partial charge in [-0.15, -0.1) is 0 Å². The number of nitrogens with one attached hydrogen (secondary N) is 1. The number of likely N-dealkylation sites (N-methyl/N-ethyl adjacent to an activating group) is 1. The molecule has 0 aromatic heterocycles. The Morgan fingerprint density at radius 3 is 2.56 bits per heavy atom. The van der Waals surface area contributed by atoms with Crippen molar-refractivity contribution in [3.8, 4) is 5.75 Å². The summed E-state index contributed by atoms with van der Waals surface area (Å²) >= 11 is 0. The van der Waals surface area contributed by atoms with Gasteiger partial charge in [-0.1, -0.05) is 6.42 Å². The molecule has 0 saturated heterocycles. The fourth-order valence-electron chi connectivity index (χ4n) is 4.16. The lowest BCUT2D eigenvalue weighted by Gasteiger charge is -2.61. The molecule has 0 bridgehead atoms. The van der Waals surface area contributed by atoms with E-state index in [0.717, 1.165) is 24.5 Å². The SMILES string of the molecule is CCOC1CC(Nc2ccc(OCC(O)CN(C)C)cc2)C12CCC2. The Labute approximate surface area is 151 Å².